The minimum atomic E-state index is -0.318. The van der Waals surface area contributed by atoms with Crippen molar-refractivity contribution in [1.29, 1.82) is 0 Å². The SMILES string of the molecule is Cc1onc(-c2ccccc2)c1C(=O)N1CCC(c2nc(C(=O)Nn3cnnc3)cs2)CC1. The third-order valence-corrected chi connectivity index (χ3v) is 6.67. The van der Waals surface area contributed by atoms with E-state index in [9.17, 15) is 9.59 Å². The van der Waals surface area contributed by atoms with Gasteiger partial charge in [0.05, 0.1) is 5.01 Å². The van der Waals surface area contributed by atoms with E-state index in [1.54, 1.807) is 12.3 Å². The number of carbonyl (C=O) groups is 2. The van der Waals surface area contributed by atoms with E-state index in [1.165, 1.54) is 28.7 Å². The molecule has 1 fully saturated rings. The molecule has 1 N–H and O–H groups in total. The number of nitrogens with zero attached hydrogens (tertiary/aromatic N) is 6. The van der Waals surface area contributed by atoms with Crippen molar-refractivity contribution in [3.05, 3.63) is 70.4 Å². The molecule has 1 aromatic carbocycles. The fraction of sp³-hybridized carbons (Fsp3) is 0.273. The number of amides is 2. The van der Waals surface area contributed by atoms with Crippen LogP contribution in [0.2, 0.25) is 0 Å². The van der Waals surface area contributed by atoms with Crippen molar-refractivity contribution >= 4 is 23.2 Å². The molecule has 1 aliphatic heterocycles. The van der Waals surface area contributed by atoms with E-state index in [2.05, 4.69) is 25.8 Å². The Balaban J connectivity index is 1.24. The molecule has 0 unspecified atom stereocenters. The number of thiazole rings is 1. The summed E-state index contributed by atoms with van der Waals surface area (Å²) in [4.78, 5) is 32.0. The molecule has 5 rings (SSSR count). The van der Waals surface area contributed by atoms with E-state index in [1.807, 2.05) is 35.2 Å². The zero-order valence-electron chi connectivity index (χ0n) is 17.8. The molecule has 3 aromatic heterocycles. The lowest BCUT2D eigenvalue weighted by atomic mass is 9.96. The van der Waals surface area contributed by atoms with Crippen LogP contribution in [-0.2, 0) is 0 Å². The minimum absolute atomic E-state index is 0.0702. The second-order valence-electron chi connectivity index (χ2n) is 7.78. The molecular formula is C22H21N7O3S. The van der Waals surface area contributed by atoms with Crippen molar-refractivity contribution in [3.63, 3.8) is 0 Å². The van der Waals surface area contributed by atoms with Gasteiger partial charge in [-0.3, -0.25) is 15.0 Å². The van der Waals surface area contributed by atoms with Gasteiger partial charge in [-0.15, -0.1) is 21.5 Å². The highest BCUT2D eigenvalue weighted by molar-refractivity contribution is 7.09. The molecule has 0 spiro atoms. The van der Waals surface area contributed by atoms with Crippen molar-refractivity contribution in [2.45, 2.75) is 25.7 Å². The number of nitrogens with one attached hydrogen (secondary N) is 1. The topological polar surface area (TPSA) is 119 Å². The molecule has 33 heavy (non-hydrogen) atoms. The highest BCUT2D eigenvalue weighted by atomic mass is 32.1. The number of benzene rings is 1. The predicted octanol–water partition coefficient (Wildman–Crippen LogP) is 3.10. The first kappa shape index (κ1) is 21.0. The maximum atomic E-state index is 13.3. The molecule has 4 aromatic rings. The zero-order chi connectivity index (χ0) is 22.8. The van der Waals surface area contributed by atoms with Crippen LogP contribution in [0.25, 0.3) is 11.3 Å². The normalized spacial score (nSPS) is 14.4. The summed E-state index contributed by atoms with van der Waals surface area (Å²) in [6, 6.07) is 9.58. The minimum Gasteiger partial charge on any atom is -0.360 e. The Morgan fingerprint density at radius 3 is 2.58 bits per heavy atom. The van der Waals surface area contributed by atoms with Crippen LogP contribution >= 0.6 is 11.3 Å². The molecular weight excluding hydrogens is 442 g/mol. The van der Waals surface area contributed by atoms with Gasteiger partial charge in [0.2, 0.25) is 0 Å². The van der Waals surface area contributed by atoms with E-state index >= 15 is 0 Å². The predicted molar refractivity (Wildman–Crippen MR) is 120 cm³/mol. The Kier molecular flexibility index (Phi) is 5.69. The van der Waals surface area contributed by atoms with E-state index in [4.69, 9.17) is 4.52 Å². The van der Waals surface area contributed by atoms with Gasteiger partial charge in [-0.2, -0.15) is 0 Å². The van der Waals surface area contributed by atoms with Gasteiger partial charge in [0.1, 0.15) is 35.4 Å². The monoisotopic (exact) mass is 463 g/mol. The molecule has 0 radical (unpaired) electrons. The van der Waals surface area contributed by atoms with Crippen LogP contribution < -0.4 is 5.43 Å². The lowest BCUT2D eigenvalue weighted by molar-refractivity contribution is 0.0712. The smallest absolute Gasteiger partial charge is 0.289 e. The number of carbonyl (C=O) groups excluding carboxylic acids is 2. The van der Waals surface area contributed by atoms with Gasteiger partial charge < -0.3 is 9.42 Å². The first-order valence-electron chi connectivity index (χ1n) is 10.5. The van der Waals surface area contributed by atoms with Gasteiger partial charge in [-0.25, -0.2) is 9.66 Å². The Hall–Kier alpha value is -3.86. The second-order valence-corrected chi connectivity index (χ2v) is 8.67. The van der Waals surface area contributed by atoms with Gasteiger partial charge in [0, 0.05) is 30.0 Å². The number of piperidine rings is 1. The number of aromatic nitrogens is 5. The molecule has 1 saturated heterocycles. The van der Waals surface area contributed by atoms with Gasteiger partial charge in [-0.1, -0.05) is 35.5 Å². The van der Waals surface area contributed by atoms with Crippen molar-refractivity contribution in [3.8, 4) is 11.3 Å². The molecule has 0 bridgehead atoms. The second kappa shape index (κ2) is 8.94. The third kappa shape index (κ3) is 4.27. The highest BCUT2D eigenvalue weighted by Crippen LogP contribution is 2.32. The van der Waals surface area contributed by atoms with Crippen LogP contribution in [0.1, 0.15) is 50.4 Å². The number of hydrogen-bond donors (Lipinski definition) is 1. The van der Waals surface area contributed by atoms with Gasteiger partial charge in [0.15, 0.2) is 0 Å². The van der Waals surface area contributed by atoms with Crippen LogP contribution in [0, 0.1) is 6.92 Å². The number of hydrogen-bond acceptors (Lipinski definition) is 8. The van der Waals surface area contributed by atoms with Crippen LogP contribution in [0.3, 0.4) is 0 Å². The Morgan fingerprint density at radius 2 is 1.85 bits per heavy atom. The van der Waals surface area contributed by atoms with Crippen LogP contribution in [0.4, 0.5) is 0 Å². The number of likely N-dealkylation sites (tertiary alicyclic amines) is 1. The average molecular weight is 464 g/mol. The molecule has 0 saturated carbocycles. The van der Waals surface area contributed by atoms with Gasteiger partial charge in [-0.05, 0) is 19.8 Å². The van der Waals surface area contributed by atoms with Crippen LogP contribution in [-0.4, -0.2) is 54.8 Å². The largest absolute Gasteiger partial charge is 0.360 e. The molecule has 2 amide bonds. The fourth-order valence-electron chi connectivity index (χ4n) is 3.92. The maximum absolute atomic E-state index is 13.3. The molecule has 11 heteroatoms. The van der Waals surface area contributed by atoms with Crippen LogP contribution in [0.15, 0.2) is 52.9 Å². The Labute approximate surface area is 193 Å². The van der Waals surface area contributed by atoms with Crippen molar-refractivity contribution in [1.82, 2.24) is 29.9 Å². The maximum Gasteiger partial charge on any atom is 0.289 e. The van der Waals surface area contributed by atoms with Gasteiger partial charge >= 0.3 is 0 Å². The van der Waals surface area contributed by atoms with E-state index in [0.29, 0.717) is 35.8 Å². The molecule has 0 aliphatic carbocycles. The third-order valence-electron chi connectivity index (χ3n) is 5.66. The molecule has 4 heterocycles. The van der Waals surface area contributed by atoms with Crippen molar-refractivity contribution in [2.24, 2.45) is 0 Å². The quantitative estimate of drug-likeness (QED) is 0.483. The Morgan fingerprint density at radius 1 is 1.12 bits per heavy atom. The van der Waals surface area contributed by atoms with Crippen LogP contribution in [0.5, 0.6) is 0 Å². The summed E-state index contributed by atoms with van der Waals surface area (Å²) in [5.41, 5.74) is 4.94. The highest BCUT2D eigenvalue weighted by Gasteiger charge is 2.30. The average Bonchev–Trinajstić information content (AvgIpc) is 3.61. The summed E-state index contributed by atoms with van der Waals surface area (Å²) in [6.07, 6.45) is 4.35. The lowest BCUT2D eigenvalue weighted by Gasteiger charge is -2.31. The first-order chi connectivity index (χ1) is 16.1. The zero-order valence-corrected chi connectivity index (χ0v) is 18.7. The molecule has 168 valence electrons. The Bertz CT molecular complexity index is 1260. The van der Waals surface area contributed by atoms with E-state index in [-0.39, 0.29) is 17.7 Å². The standard InChI is InChI=1S/C22H21N7O3S/c1-14-18(19(27-32-14)15-5-3-2-4-6-15)22(31)28-9-7-16(8-10-28)21-25-17(11-33-21)20(30)26-29-12-23-24-13-29/h2-6,11-13,16H,7-10H2,1H3,(H,26,30). The number of rotatable bonds is 5. The summed E-state index contributed by atoms with van der Waals surface area (Å²) in [7, 11) is 0. The fourth-order valence-corrected chi connectivity index (χ4v) is 4.89. The van der Waals surface area contributed by atoms with Crippen molar-refractivity contribution < 1.29 is 14.1 Å². The summed E-state index contributed by atoms with van der Waals surface area (Å²) in [5.74, 6) is 0.331. The summed E-state index contributed by atoms with van der Waals surface area (Å²) >= 11 is 1.47. The van der Waals surface area contributed by atoms with Gasteiger partial charge in [0.25, 0.3) is 11.8 Å². The van der Waals surface area contributed by atoms with E-state index < -0.39 is 0 Å². The number of aryl methyl sites for hydroxylation is 1. The van der Waals surface area contributed by atoms with Crippen molar-refractivity contribution in [2.75, 3.05) is 18.5 Å². The lowest BCUT2D eigenvalue weighted by Crippen LogP contribution is -2.38. The first-order valence-corrected chi connectivity index (χ1v) is 11.4. The molecule has 1 aliphatic rings. The molecule has 10 nitrogen and oxygen atoms in total. The summed E-state index contributed by atoms with van der Waals surface area (Å²) < 4.78 is 6.74. The van der Waals surface area contributed by atoms with E-state index in [0.717, 1.165) is 23.4 Å². The summed E-state index contributed by atoms with van der Waals surface area (Å²) in [6.45, 7) is 2.97. The summed E-state index contributed by atoms with van der Waals surface area (Å²) in [5, 5.41) is 14.1. The molecule has 0 atom stereocenters.